The van der Waals surface area contributed by atoms with Gasteiger partial charge in [0.05, 0.1) is 31.5 Å². The molecule has 0 aliphatic carbocycles. The highest BCUT2D eigenvalue weighted by Gasteiger charge is 2.49. The summed E-state index contributed by atoms with van der Waals surface area (Å²) in [6, 6.07) is 4.28. The lowest BCUT2D eigenvalue weighted by Gasteiger charge is -2.20. The normalized spacial score (nSPS) is 24.5. The molecule has 2 aliphatic rings. The molecular weight excluding hydrogens is 434 g/mol. The zero-order valence-electron chi connectivity index (χ0n) is 16.6. The molecule has 2 saturated heterocycles. The molecule has 11 heteroatoms. The maximum absolute atomic E-state index is 14.1. The highest BCUT2D eigenvalue weighted by atomic mass is 19.2. The Morgan fingerprint density at radius 2 is 1.72 bits per heavy atom. The maximum Gasteiger partial charge on any atom is 0.164 e. The van der Waals surface area contributed by atoms with Gasteiger partial charge >= 0.3 is 0 Å². The van der Waals surface area contributed by atoms with E-state index in [2.05, 4.69) is 15.3 Å². The van der Waals surface area contributed by atoms with Crippen LogP contribution in [0.4, 0.5) is 29.1 Å². The third-order valence-corrected chi connectivity index (χ3v) is 5.41. The monoisotopic (exact) mass is 451 g/mol. The molecule has 5 rings (SSSR count). The Hall–Kier alpha value is -3.18. The first-order chi connectivity index (χ1) is 15.4. The molecule has 0 saturated carbocycles. The van der Waals surface area contributed by atoms with Crippen LogP contribution in [0.3, 0.4) is 0 Å². The molecule has 168 valence electrons. The Morgan fingerprint density at radius 3 is 2.53 bits per heavy atom. The van der Waals surface area contributed by atoms with E-state index >= 15 is 0 Å². The first kappa shape index (κ1) is 20.7. The molecule has 0 bridgehead atoms. The van der Waals surface area contributed by atoms with Crippen LogP contribution in [0.5, 0.6) is 11.5 Å². The summed E-state index contributed by atoms with van der Waals surface area (Å²) >= 11 is 0. The molecule has 2 aromatic carbocycles. The van der Waals surface area contributed by atoms with Gasteiger partial charge in [-0.2, -0.15) is 0 Å². The summed E-state index contributed by atoms with van der Waals surface area (Å²) in [7, 11) is 1.43. The SMILES string of the molecule is COc1cc2c(Nc3cc(F)c(F)cc3F)ncnc2cc1O[C@@H]1CO[C@@H]2C1OC[C@H]2F. The fraction of sp³-hybridized carbons (Fsp3) is 0.333. The number of nitrogens with zero attached hydrogens (tertiary/aromatic N) is 2. The zero-order chi connectivity index (χ0) is 22.4. The summed E-state index contributed by atoms with van der Waals surface area (Å²) in [6.45, 7) is 0.107. The van der Waals surface area contributed by atoms with Crippen molar-refractivity contribution in [3.63, 3.8) is 0 Å². The van der Waals surface area contributed by atoms with E-state index in [-0.39, 0.29) is 24.7 Å². The predicted octanol–water partition coefficient (Wildman–Crippen LogP) is 3.68. The number of hydrogen-bond acceptors (Lipinski definition) is 7. The van der Waals surface area contributed by atoms with Crippen LogP contribution >= 0.6 is 0 Å². The van der Waals surface area contributed by atoms with Crippen molar-refractivity contribution in [2.75, 3.05) is 25.6 Å². The van der Waals surface area contributed by atoms with Crippen LogP contribution in [0.2, 0.25) is 0 Å². The fourth-order valence-corrected chi connectivity index (χ4v) is 3.84. The lowest BCUT2D eigenvalue weighted by Crippen LogP contribution is -2.33. The minimum atomic E-state index is -1.30. The summed E-state index contributed by atoms with van der Waals surface area (Å²) in [6.07, 6.45) is -1.73. The zero-order valence-corrected chi connectivity index (χ0v) is 16.6. The summed E-state index contributed by atoms with van der Waals surface area (Å²) < 4.78 is 77.0. The maximum atomic E-state index is 14.1. The summed E-state index contributed by atoms with van der Waals surface area (Å²) in [5.41, 5.74) is 0.115. The highest BCUT2D eigenvalue weighted by molar-refractivity contribution is 5.93. The van der Waals surface area contributed by atoms with Crippen LogP contribution < -0.4 is 14.8 Å². The second-order valence-electron chi connectivity index (χ2n) is 7.38. The Bertz CT molecular complexity index is 1180. The van der Waals surface area contributed by atoms with Gasteiger partial charge in [-0.1, -0.05) is 0 Å². The van der Waals surface area contributed by atoms with Gasteiger partial charge in [-0.25, -0.2) is 27.5 Å². The van der Waals surface area contributed by atoms with E-state index in [9.17, 15) is 17.6 Å². The second-order valence-corrected chi connectivity index (χ2v) is 7.38. The summed E-state index contributed by atoms with van der Waals surface area (Å²) in [5.74, 6) is -2.72. The third-order valence-electron chi connectivity index (χ3n) is 5.41. The molecule has 1 aromatic heterocycles. The van der Waals surface area contributed by atoms with Crippen molar-refractivity contribution in [1.29, 1.82) is 0 Å². The molecule has 1 unspecified atom stereocenters. The highest BCUT2D eigenvalue weighted by Crippen LogP contribution is 2.38. The standard InChI is InChI=1S/C21H17F4N3O4/c1-29-16-2-9-14(5-17(16)32-18-7-31-19-13(25)6-30-20(18)19)26-8-27-21(9)28-15-4-11(23)10(22)3-12(15)24/h2-5,8,13,18-20H,6-7H2,1H3,(H,26,27,28)/t13-,18-,19+,20?/m1/s1. The van der Waals surface area contributed by atoms with E-state index in [1.165, 1.54) is 13.4 Å². The van der Waals surface area contributed by atoms with Gasteiger partial charge in [0.1, 0.15) is 30.2 Å². The van der Waals surface area contributed by atoms with E-state index in [1.807, 2.05) is 0 Å². The van der Waals surface area contributed by atoms with Crippen LogP contribution in [0.25, 0.3) is 10.9 Å². The van der Waals surface area contributed by atoms with E-state index in [4.69, 9.17) is 18.9 Å². The van der Waals surface area contributed by atoms with Crippen molar-refractivity contribution >= 4 is 22.4 Å². The average Bonchev–Trinajstić information content (AvgIpc) is 3.35. The van der Waals surface area contributed by atoms with Crippen molar-refractivity contribution in [2.45, 2.75) is 24.5 Å². The van der Waals surface area contributed by atoms with Gasteiger partial charge in [0.2, 0.25) is 0 Å². The predicted molar refractivity (Wildman–Crippen MR) is 104 cm³/mol. The van der Waals surface area contributed by atoms with Crippen molar-refractivity contribution in [2.24, 2.45) is 0 Å². The first-order valence-corrected chi connectivity index (χ1v) is 9.73. The molecule has 2 fully saturated rings. The molecule has 0 amide bonds. The minimum Gasteiger partial charge on any atom is -0.493 e. The van der Waals surface area contributed by atoms with Crippen LogP contribution in [0.1, 0.15) is 0 Å². The number of anilines is 2. The number of ether oxygens (including phenoxy) is 4. The summed E-state index contributed by atoms with van der Waals surface area (Å²) in [4.78, 5) is 8.26. The lowest BCUT2D eigenvalue weighted by molar-refractivity contribution is 0.0271. The Kier molecular flexibility index (Phi) is 5.22. The van der Waals surface area contributed by atoms with Crippen LogP contribution in [0, 0.1) is 17.5 Å². The Balaban J connectivity index is 1.47. The number of alkyl halides is 1. The van der Waals surface area contributed by atoms with Gasteiger partial charge in [-0.3, -0.25) is 0 Å². The quantitative estimate of drug-likeness (QED) is 0.469. The van der Waals surface area contributed by atoms with Gasteiger partial charge in [-0.05, 0) is 6.07 Å². The van der Waals surface area contributed by atoms with Crippen LogP contribution in [-0.4, -0.2) is 54.8 Å². The largest absolute Gasteiger partial charge is 0.493 e. The second kappa shape index (κ2) is 8.06. The Morgan fingerprint density at radius 1 is 0.938 bits per heavy atom. The van der Waals surface area contributed by atoms with Gasteiger partial charge in [0.15, 0.2) is 35.4 Å². The number of halogens is 4. The first-order valence-electron chi connectivity index (χ1n) is 9.73. The number of benzene rings is 2. The molecular formula is C21H17F4N3O4. The Labute approximate surface area is 179 Å². The molecule has 3 heterocycles. The minimum absolute atomic E-state index is 0.0488. The van der Waals surface area contributed by atoms with Gasteiger partial charge < -0.3 is 24.3 Å². The summed E-state index contributed by atoms with van der Waals surface area (Å²) in [5, 5.41) is 3.07. The number of fused-ring (bicyclic) bond motifs is 2. The van der Waals surface area contributed by atoms with Crippen LogP contribution in [0.15, 0.2) is 30.6 Å². The smallest absolute Gasteiger partial charge is 0.164 e. The number of rotatable bonds is 5. The molecule has 0 radical (unpaired) electrons. The molecule has 3 aromatic rings. The number of hydrogen-bond donors (Lipinski definition) is 1. The molecule has 32 heavy (non-hydrogen) atoms. The van der Waals surface area contributed by atoms with Crippen molar-refractivity contribution in [3.8, 4) is 11.5 Å². The number of aromatic nitrogens is 2. The lowest BCUT2D eigenvalue weighted by atomic mass is 10.1. The third kappa shape index (κ3) is 3.56. The van der Waals surface area contributed by atoms with E-state index in [0.29, 0.717) is 34.5 Å². The molecule has 1 N–H and O–H groups in total. The fourth-order valence-electron chi connectivity index (χ4n) is 3.84. The van der Waals surface area contributed by atoms with Crippen molar-refractivity contribution in [3.05, 3.63) is 48.0 Å². The molecule has 2 aliphatic heterocycles. The van der Waals surface area contributed by atoms with Crippen molar-refractivity contribution < 1.29 is 36.5 Å². The molecule has 0 spiro atoms. The van der Waals surface area contributed by atoms with Crippen molar-refractivity contribution in [1.82, 2.24) is 9.97 Å². The van der Waals surface area contributed by atoms with E-state index in [1.54, 1.807) is 12.1 Å². The van der Waals surface area contributed by atoms with Gasteiger partial charge in [0.25, 0.3) is 0 Å². The van der Waals surface area contributed by atoms with E-state index in [0.717, 1.165) is 0 Å². The van der Waals surface area contributed by atoms with Gasteiger partial charge in [-0.15, -0.1) is 0 Å². The number of methoxy groups -OCH3 is 1. The molecule has 7 nitrogen and oxygen atoms in total. The topological polar surface area (TPSA) is 74.7 Å². The number of nitrogens with one attached hydrogen (secondary N) is 1. The average molecular weight is 451 g/mol. The van der Waals surface area contributed by atoms with E-state index < -0.39 is 41.9 Å². The molecule has 4 atom stereocenters. The van der Waals surface area contributed by atoms with Gasteiger partial charge in [0, 0.05) is 23.6 Å². The van der Waals surface area contributed by atoms with Crippen LogP contribution in [-0.2, 0) is 9.47 Å².